The van der Waals surface area contributed by atoms with Gasteiger partial charge in [0.25, 0.3) is 5.91 Å². The van der Waals surface area contributed by atoms with Gasteiger partial charge in [-0.25, -0.2) is 0 Å². The molecule has 144 valence electrons. The van der Waals surface area contributed by atoms with Crippen LogP contribution in [0.5, 0.6) is 11.5 Å². The van der Waals surface area contributed by atoms with Crippen LogP contribution in [0.4, 0.5) is 5.69 Å². The maximum Gasteiger partial charge on any atom is 0.266 e. The first-order chi connectivity index (χ1) is 13.5. The van der Waals surface area contributed by atoms with Gasteiger partial charge in [-0.2, -0.15) is 5.26 Å². The summed E-state index contributed by atoms with van der Waals surface area (Å²) < 4.78 is 13.0. The molecule has 0 aliphatic heterocycles. The van der Waals surface area contributed by atoms with Crippen molar-refractivity contribution in [3.05, 3.63) is 68.2 Å². The van der Waals surface area contributed by atoms with Gasteiger partial charge in [0.05, 0.1) is 10.2 Å². The lowest BCUT2D eigenvalue weighted by molar-refractivity contribution is -0.112. The predicted molar refractivity (Wildman–Crippen MR) is 122 cm³/mol. The summed E-state index contributed by atoms with van der Waals surface area (Å²) in [5, 5.41) is 12.2. The first-order valence-corrected chi connectivity index (χ1v) is 10.2. The maximum absolute atomic E-state index is 12.5. The Balaban J connectivity index is 2.31. The molecule has 5 nitrogen and oxygen atoms in total. The normalized spacial score (nSPS) is 10.7. The highest BCUT2D eigenvalue weighted by atomic mass is 127. The molecule has 2 rings (SSSR count). The second-order valence-corrected chi connectivity index (χ2v) is 7.57. The molecule has 0 spiro atoms. The summed E-state index contributed by atoms with van der Waals surface area (Å²) in [6, 6.07) is 12.6. The lowest BCUT2D eigenvalue weighted by Crippen LogP contribution is -2.13. The smallest absolute Gasteiger partial charge is 0.266 e. The van der Waals surface area contributed by atoms with Crippen molar-refractivity contribution in [1.29, 1.82) is 5.26 Å². The lowest BCUT2D eigenvalue weighted by atomic mass is 10.1. The van der Waals surface area contributed by atoms with Gasteiger partial charge in [-0.05, 0) is 77.6 Å². The quantitative estimate of drug-likeness (QED) is 0.201. The van der Waals surface area contributed by atoms with Gasteiger partial charge in [0.1, 0.15) is 18.2 Å². The van der Waals surface area contributed by atoms with Gasteiger partial charge >= 0.3 is 0 Å². The van der Waals surface area contributed by atoms with Crippen LogP contribution >= 0.6 is 38.5 Å². The molecule has 0 saturated heterocycles. The van der Waals surface area contributed by atoms with Gasteiger partial charge in [0.2, 0.25) is 0 Å². The van der Waals surface area contributed by atoms with E-state index < -0.39 is 5.91 Å². The molecule has 0 fully saturated rings. The zero-order chi connectivity index (χ0) is 20.5. The number of benzene rings is 2. The SMILES string of the molecule is C=CCOc1c(I)cc(/C=C(\C#N)C(=O)Nc2ccc(Br)cc2)cc1OCC. The van der Waals surface area contributed by atoms with Gasteiger partial charge in [-0.15, -0.1) is 0 Å². The van der Waals surface area contributed by atoms with E-state index in [1.165, 1.54) is 6.08 Å². The number of amides is 1. The van der Waals surface area contributed by atoms with E-state index in [1.54, 1.807) is 24.3 Å². The molecular weight excluding hydrogens is 535 g/mol. The Hall–Kier alpha value is -2.31. The lowest BCUT2D eigenvalue weighted by Gasteiger charge is -2.14. The van der Waals surface area contributed by atoms with E-state index in [-0.39, 0.29) is 5.57 Å². The van der Waals surface area contributed by atoms with Crippen molar-refractivity contribution in [3.8, 4) is 17.6 Å². The minimum absolute atomic E-state index is 0.0130. The number of halogens is 2. The summed E-state index contributed by atoms with van der Waals surface area (Å²) in [6.45, 7) is 6.33. The molecule has 0 saturated carbocycles. The molecule has 0 aliphatic carbocycles. The van der Waals surface area contributed by atoms with Crippen LogP contribution in [0.2, 0.25) is 0 Å². The number of rotatable bonds is 8. The van der Waals surface area contributed by atoms with Gasteiger partial charge in [0.15, 0.2) is 11.5 Å². The molecule has 2 aromatic rings. The second kappa shape index (κ2) is 10.9. The van der Waals surface area contributed by atoms with Gasteiger partial charge in [-0.1, -0.05) is 28.6 Å². The molecular formula is C21H18BrIN2O3. The van der Waals surface area contributed by atoms with Crippen molar-refractivity contribution in [2.24, 2.45) is 0 Å². The fraction of sp³-hybridized carbons (Fsp3) is 0.143. The average molecular weight is 553 g/mol. The minimum Gasteiger partial charge on any atom is -0.490 e. The third-order valence-electron chi connectivity index (χ3n) is 3.46. The molecule has 1 N–H and O–H groups in total. The molecule has 0 aliphatic rings. The summed E-state index contributed by atoms with van der Waals surface area (Å²) in [6.07, 6.45) is 3.18. The summed E-state index contributed by atoms with van der Waals surface area (Å²) in [5.41, 5.74) is 1.26. The number of hydrogen-bond donors (Lipinski definition) is 1. The Morgan fingerprint density at radius 2 is 2.04 bits per heavy atom. The van der Waals surface area contributed by atoms with Crippen molar-refractivity contribution in [2.45, 2.75) is 6.92 Å². The number of nitrogens with zero attached hydrogens (tertiary/aromatic N) is 1. The van der Waals surface area contributed by atoms with Gasteiger partial charge in [0, 0.05) is 10.2 Å². The van der Waals surface area contributed by atoms with E-state index in [0.29, 0.717) is 36.0 Å². The maximum atomic E-state index is 12.5. The van der Waals surface area contributed by atoms with Gasteiger partial charge < -0.3 is 14.8 Å². The van der Waals surface area contributed by atoms with Crippen molar-refractivity contribution in [2.75, 3.05) is 18.5 Å². The van der Waals surface area contributed by atoms with E-state index >= 15 is 0 Å². The Morgan fingerprint density at radius 3 is 2.64 bits per heavy atom. The van der Waals surface area contributed by atoms with Crippen LogP contribution in [0.3, 0.4) is 0 Å². The zero-order valence-electron chi connectivity index (χ0n) is 15.2. The largest absolute Gasteiger partial charge is 0.490 e. The molecule has 0 radical (unpaired) electrons. The van der Waals surface area contributed by atoms with Crippen LogP contribution in [-0.4, -0.2) is 19.1 Å². The minimum atomic E-state index is -0.482. The van der Waals surface area contributed by atoms with Crippen LogP contribution in [0, 0.1) is 14.9 Å². The molecule has 0 bridgehead atoms. The third kappa shape index (κ3) is 6.11. The fourth-order valence-corrected chi connectivity index (χ4v) is 3.31. The number of anilines is 1. The van der Waals surface area contributed by atoms with Crippen molar-refractivity contribution < 1.29 is 14.3 Å². The molecule has 7 heteroatoms. The number of nitrogens with one attached hydrogen (secondary N) is 1. The summed E-state index contributed by atoms with van der Waals surface area (Å²) >= 11 is 5.47. The van der Waals surface area contributed by atoms with E-state index in [9.17, 15) is 10.1 Å². The monoisotopic (exact) mass is 552 g/mol. The highest BCUT2D eigenvalue weighted by Crippen LogP contribution is 2.35. The average Bonchev–Trinajstić information content (AvgIpc) is 2.67. The first kappa shape index (κ1) is 22.0. The first-order valence-electron chi connectivity index (χ1n) is 8.37. The standard InChI is InChI=1S/C21H18BrIN2O3/c1-3-9-28-20-18(23)11-14(12-19(20)27-4-2)10-15(13-24)21(26)25-17-7-5-16(22)6-8-17/h3,5-8,10-12H,1,4,9H2,2H3,(H,25,26)/b15-10+. The Bertz CT molecular complexity index is 934. The van der Waals surface area contributed by atoms with Crippen LogP contribution in [0.25, 0.3) is 6.08 Å². The van der Waals surface area contributed by atoms with Crippen LogP contribution < -0.4 is 14.8 Å². The van der Waals surface area contributed by atoms with Crippen LogP contribution in [0.15, 0.2) is 59.1 Å². The molecule has 0 unspecified atom stereocenters. The van der Waals surface area contributed by atoms with Crippen LogP contribution in [-0.2, 0) is 4.79 Å². The number of hydrogen-bond acceptors (Lipinski definition) is 4. The Morgan fingerprint density at radius 1 is 1.32 bits per heavy atom. The summed E-state index contributed by atoms with van der Waals surface area (Å²) in [4.78, 5) is 12.5. The molecule has 0 heterocycles. The van der Waals surface area contributed by atoms with E-state index in [1.807, 2.05) is 31.2 Å². The van der Waals surface area contributed by atoms with E-state index in [0.717, 1.165) is 8.04 Å². The van der Waals surface area contributed by atoms with Crippen molar-refractivity contribution in [3.63, 3.8) is 0 Å². The van der Waals surface area contributed by atoms with Crippen LogP contribution in [0.1, 0.15) is 12.5 Å². The number of carbonyl (C=O) groups excluding carboxylic acids is 1. The van der Waals surface area contributed by atoms with Gasteiger partial charge in [-0.3, -0.25) is 4.79 Å². The third-order valence-corrected chi connectivity index (χ3v) is 4.79. The predicted octanol–water partition coefficient (Wildman–Crippen LogP) is 5.56. The highest BCUT2D eigenvalue weighted by molar-refractivity contribution is 14.1. The number of nitriles is 1. The second-order valence-electron chi connectivity index (χ2n) is 5.49. The molecule has 1 amide bonds. The topological polar surface area (TPSA) is 71.3 Å². The van der Waals surface area contributed by atoms with E-state index in [2.05, 4.69) is 50.4 Å². The van der Waals surface area contributed by atoms with Crippen molar-refractivity contribution >= 4 is 56.2 Å². The summed E-state index contributed by atoms with van der Waals surface area (Å²) in [5.74, 6) is 0.676. The molecule has 0 atom stereocenters. The molecule has 0 aromatic heterocycles. The fourth-order valence-electron chi connectivity index (χ4n) is 2.26. The number of carbonyl (C=O) groups is 1. The number of ether oxygens (including phenoxy) is 2. The Labute approximate surface area is 186 Å². The molecule has 2 aromatic carbocycles. The Kier molecular flexibility index (Phi) is 8.54. The summed E-state index contributed by atoms with van der Waals surface area (Å²) in [7, 11) is 0. The van der Waals surface area contributed by atoms with Crippen molar-refractivity contribution in [1.82, 2.24) is 0 Å². The highest BCUT2D eigenvalue weighted by Gasteiger charge is 2.14. The zero-order valence-corrected chi connectivity index (χ0v) is 18.9. The van der Waals surface area contributed by atoms with E-state index in [4.69, 9.17) is 9.47 Å². The molecule has 28 heavy (non-hydrogen) atoms.